The minimum absolute atomic E-state index is 0.0316. The third kappa shape index (κ3) is 3.01. The molecule has 1 nitrogen and oxygen atoms in total. The van der Waals surface area contributed by atoms with E-state index >= 15 is 0 Å². The van der Waals surface area contributed by atoms with Gasteiger partial charge in [-0.2, -0.15) is 0 Å². The molecule has 0 radical (unpaired) electrons. The molecule has 1 aliphatic carbocycles. The predicted octanol–water partition coefficient (Wildman–Crippen LogP) is 4.87. The lowest BCUT2D eigenvalue weighted by Gasteiger charge is -2.38. The summed E-state index contributed by atoms with van der Waals surface area (Å²) in [6.45, 7) is 2.19. The molecule has 2 rings (SSSR count). The van der Waals surface area contributed by atoms with Gasteiger partial charge in [0.2, 0.25) is 0 Å². The lowest BCUT2D eigenvalue weighted by molar-refractivity contribution is 0.0104. The van der Waals surface area contributed by atoms with Crippen LogP contribution in [0.25, 0.3) is 0 Å². The third-order valence-electron chi connectivity index (χ3n) is 4.25. The van der Waals surface area contributed by atoms with Crippen molar-refractivity contribution in [2.45, 2.75) is 51.6 Å². The molecule has 1 N–H and O–H groups in total. The van der Waals surface area contributed by atoms with Crippen LogP contribution in [0.4, 0.5) is 0 Å². The molecule has 1 saturated carbocycles. The molecule has 0 saturated heterocycles. The first kappa shape index (κ1) is 14.2. The Balaban J connectivity index is 2.10. The molecule has 1 atom stereocenters. The van der Waals surface area contributed by atoms with Crippen LogP contribution in [0.3, 0.4) is 0 Å². The van der Waals surface area contributed by atoms with Crippen molar-refractivity contribution in [1.82, 2.24) is 0 Å². The van der Waals surface area contributed by atoms with Gasteiger partial charge < -0.3 is 5.11 Å². The maximum Gasteiger partial charge on any atom is 0.0634 e. The standard InChI is InChI=1S/C15H20Cl2O/c1-15(8-3-2-4-9-15)13(18)10-11-6-5-7-12(16)14(11)17/h5-7,13,18H,2-4,8-10H2,1H3. The van der Waals surface area contributed by atoms with Gasteiger partial charge in [-0.1, -0.05) is 61.5 Å². The molecule has 0 bridgehead atoms. The summed E-state index contributed by atoms with van der Waals surface area (Å²) in [5.74, 6) is 0. The van der Waals surface area contributed by atoms with Crippen LogP contribution in [-0.2, 0) is 6.42 Å². The number of hydrogen-bond donors (Lipinski definition) is 1. The Labute approximate surface area is 119 Å². The topological polar surface area (TPSA) is 20.2 Å². The summed E-state index contributed by atoms with van der Waals surface area (Å²) in [4.78, 5) is 0. The summed E-state index contributed by atoms with van der Waals surface area (Å²) in [5, 5.41) is 11.6. The van der Waals surface area contributed by atoms with E-state index in [1.807, 2.05) is 12.1 Å². The van der Waals surface area contributed by atoms with Crippen LogP contribution in [0.1, 0.15) is 44.6 Å². The largest absolute Gasteiger partial charge is 0.392 e. The molecule has 1 fully saturated rings. The van der Waals surface area contributed by atoms with Crippen molar-refractivity contribution in [1.29, 1.82) is 0 Å². The van der Waals surface area contributed by atoms with Crippen LogP contribution in [0.5, 0.6) is 0 Å². The molecule has 3 heteroatoms. The number of aliphatic hydroxyl groups excluding tert-OH is 1. The zero-order valence-corrected chi connectivity index (χ0v) is 12.3. The first-order valence-corrected chi connectivity index (χ1v) is 7.39. The quantitative estimate of drug-likeness (QED) is 0.841. The molecule has 1 aromatic carbocycles. The van der Waals surface area contributed by atoms with Crippen molar-refractivity contribution in [2.75, 3.05) is 0 Å². The maximum atomic E-state index is 10.5. The molecule has 18 heavy (non-hydrogen) atoms. The van der Waals surface area contributed by atoms with E-state index in [4.69, 9.17) is 23.2 Å². The molecule has 0 aliphatic heterocycles. The smallest absolute Gasteiger partial charge is 0.0634 e. The van der Waals surface area contributed by atoms with E-state index < -0.39 is 0 Å². The van der Waals surface area contributed by atoms with E-state index in [9.17, 15) is 5.11 Å². The van der Waals surface area contributed by atoms with E-state index in [0.717, 1.165) is 18.4 Å². The number of rotatable bonds is 3. The van der Waals surface area contributed by atoms with Crippen molar-refractivity contribution in [3.63, 3.8) is 0 Å². The highest BCUT2D eigenvalue weighted by molar-refractivity contribution is 6.42. The summed E-state index contributed by atoms with van der Waals surface area (Å²) >= 11 is 12.2. The minimum atomic E-state index is -0.339. The zero-order chi connectivity index (χ0) is 13.2. The number of benzene rings is 1. The van der Waals surface area contributed by atoms with Crippen molar-refractivity contribution in [2.24, 2.45) is 5.41 Å². The highest BCUT2D eigenvalue weighted by atomic mass is 35.5. The Bertz CT molecular complexity index is 411. The van der Waals surface area contributed by atoms with E-state index in [-0.39, 0.29) is 11.5 Å². The second-order valence-corrected chi connectivity index (χ2v) is 6.43. The average molecular weight is 287 g/mol. The monoisotopic (exact) mass is 286 g/mol. The van der Waals surface area contributed by atoms with Crippen molar-refractivity contribution >= 4 is 23.2 Å². The predicted molar refractivity (Wildman–Crippen MR) is 77.4 cm³/mol. The van der Waals surface area contributed by atoms with Crippen LogP contribution < -0.4 is 0 Å². The van der Waals surface area contributed by atoms with Crippen molar-refractivity contribution in [3.8, 4) is 0 Å². The number of halogens is 2. The van der Waals surface area contributed by atoms with E-state index in [1.165, 1.54) is 19.3 Å². The van der Waals surface area contributed by atoms with Gasteiger partial charge in [0, 0.05) is 6.42 Å². The fourth-order valence-electron chi connectivity index (χ4n) is 2.85. The lowest BCUT2D eigenvalue weighted by Crippen LogP contribution is -2.35. The Hall–Kier alpha value is -0.240. The fourth-order valence-corrected chi connectivity index (χ4v) is 3.25. The highest BCUT2D eigenvalue weighted by Gasteiger charge is 2.34. The Morgan fingerprint density at radius 2 is 1.89 bits per heavy atom. The van der Waals surface area contributed by atoms with Gasteiger partial charge in [0.1, 0.15) is 0 Å². The highest BCUT2D eigenvalue weighted by Crippen LogP contribution is 2.40. The molecule has 1 aromatic rings. The third-order valence-corrected chi connectivity index (χ3v) is 5.10. The van der Waals surface area contributed by atoms with Gasteiger partial charge >= 0.3 is 0 Å². The fraction of sp³-hybridized carbons (Fsp3) is 0.600. The Morgan fingerprint density at radius 1 is 1.22 bits per heavy atom. The summed E-state index contributed by atoms with van der Waals surface area (Å²) in [7, 11) is 0. The molecule has 0 heterocycles. The summed E-state index contributed by atoms with van der Waals surface area (Å²) in [6, 6.07) is 5.62. The van der Waals surface area contributed by atoms with Crippen molar-refractivity contribution < 1.29 is 5.11 Å². The van der Waals surface area contributed by atoms with Crippen LogP contribution in [-0.4, -0.2) is 11.2 Å². The Morgan fingerprint density at radius 3 is 2.56 bits per heavy atom. The molecular formula is C15H20Cl2O. The second-order valence-electron chi connectivity index (χ2n) is 5.65. The molecule has 100 valence electrons. The van der Waals surface area contributed by atoms with Gasteiger partial charge in [0.15, 0.2) is 0 Å². The first-order chi connectivity index (χ1) is 8.53. The van der Waals surface area contributed by atoms with E-state index in [0.29, 0.717) is 16.5 Å². The minimum Gasteiger partial charge on any atom is -0.392 e. The summed E-state index contributed by atoms with van der Waals surface area (Å²) in [5.41, 5.74) is 0.979. The zero-order valence-electron chi connectivity index (χ0n) is 10.8. The van der Waals surface area contributed by atoms with Crippen LogP contribution in [0, 0.1) is 5.41 Å². The van der Waals surface area contributed by atoms with Crippen LogP contribution in [0.2, 0.25) is 10.0 Å². The van der Waals surface area contributed by atoms with Gasteiger partial charge in [-0.25, -0.2) is 0 Å². The van der Waals surface area contributed by atoms with E-state index in [2.05, 4.69) is 6.92 Å². The normalized spacial score (nSPS) is 20.7. The van der Waals surface area contributed by atoms with Gasteiger partial charge in [0.25, 0.3) is 0 Å². The molecule has 0 aromatic heterocycles. The van der Waals surface area contributed by atoms with Gasteiger partial charge in [-0.3, -0.25) is 0 Å². The molecule has 1 unspecified atom stereocenters. The number of hydrogen-bond acceptors (Lipinski definition) is 1. The Kier molecular flexibility index (Phi) is 4.58. The summed E-state index contributed by atoms with van der Waals surface area (Å²) in [6.07, 6.45) is 6.19. The van der Waals surface area contributed by atoms with Crippen LogP contribution in [0.15, 0.2) is 18.2 Å². The van der Waals surface area contributed by atoms with Gasteiger partial charge in [-0.15, -0.1) is 0 Å². The molecule has 1 aliphatic rings. The van der Waals surface area contributed by atoms with E-state index in [1.54, 1.807) is 6.07 Å². The number of aliphatic hydroxyl groups is 1. The SMILES string of the molecule is CC1(C(O)Cc2cccc(Cl)c2Cl)CCCCC1. The van der Waals surface area contributed by atoms with Crippen molar-refractivity contribution in [3.05, 3.63) is 33.8 Å². The first-order valence-electron chi connectivity index (χ1n) is 6.64. The van der Waals surface area contributed by atoms with Crippen LogP contribution >= 0.6 is 23.2 Å². The molecule has 0 spiro atoms. The second kappa shape index (κ2) is 5.81. The molecule has 0 amide bonds. The molecular weight excluding hydrogens is 267 g/mol. The van der Waals surface area contributed by atoms with Gasteiger partial charge in [0.05, 0.1) is 16.1 Å². The average Bonchev–Trinajstić information content (AvgIpc) is 2.36. The lowest BCUT2D eigenvalue weighted by atomic mass is 9.70. The van der Waals surface area contributed by atoms with Gasteiger partial charge in [-0.05, 0) is 29.9 Å². The maximum absolute atomic E-state index is 10.5. The summed E-state index contributed by atoms with van der Waals surface area (Å²) < 4.78 is 0.